The molecule has 126 valence electrons. The molecular formula is C16H21F2N3O2. The van der Waals surface area contributed by atoms with Gasteiger partial charge >= 0.3 is 0 Å². The second-order valence-electron chi connectivity index (χ2n) is 6.12. The smallest absolute Gasteiger partial charge is 0.255 e. The zero-order valence-electron chi connectivity index (χ0n) is 13.0. The molecular weight excluding hydrogens is 304 g/mol. The maximum atomic E-state index is 12.4. The number of hydrogen-bond donors (Lipinski definition) is 0. The highest BCUT2D eigenvalue weighted by Gasteiger charge is 2.24. The Morgan fingerprint density at radius 3 is 2.57 bits per heavy atom. The predicted molar refractivity (Wildman–Crippen MR) is 80.8 cm³/mol. The van der Waals surface area contributed by atoms with Crippen molar-refractivity contribution in [1.29, 1.82) is 0 Å². The number of aromatic nitrogens is 1. The zero-order chi connectivity index (χ0) is 16.2. The summed E-state index contributed by atoms with van der Waals surface area (Å²) in [7, 11) is 0. The molecule has 0 unspecified atom stereocenters. The summed E-state index contributed by atoms with van der Waals surface area (Å²) in [5.74, 6) is 1.08. The normalized spacial score (nSPS) is 19.2. The number of halogens is 2. The third-order valence-electron chi connectivity index (χ3n) is 4.20. The lowest BCUT2D eigenvalue weighted by Gasteiger charge is -2.34. The van der Waals surface area contributed by atoms with E-state index in [1.165, 1.54) is 19.0 Å². The molecule has 23 heavy (non-hydrogen) atoms. The molecule has 0 radical (unpaired) electrons. The Labute approximate surface area is 134 Å². The summed E-state index contributed by atoms with van der Waals surface area (Å²) < 4.78 is 30.3. The lowest BCUT2D eigenvalue weighted by atomic mass is 10.2. The highest BCUT2D eigenvalue weighted by molar-refractivity contribution is 5.94. The van der Waals surface area contributed by atoms with Gasteiger partial charge in [0.05, 0.1) is 18.7 Å². The van der Waals surface area contributed by atoms with Crippen molar-refractivity contribution >= 4 is 5.91 Å². The Hall–Kier alpha value is -1.76. The first-order valence-corrected chi connectivity index (χ1v) is 8.00. The van der Waals surface area contributed by atoms with Crippen molar-refractivity contribution in [3.05, 3.63) is 23.9 Å². The number of carbonyl (C=O) groups is 1. The van der Waals surface area contributed by atoms with Crippen molar-refractivity contribution in [1.82, 2.24) is 14.8 Å². The quantitative estimate of drug-likeness (QED) is 0.801. The van der Waals surface area contributed by atoms with Gasteiger partial charge in [-0.15, -0.1) is 0 Å². The highest BCUT2D eigenvalue weighted by atomic mass is 19.3. The van der Waals surface area contributed by atoms with E-state index >= 15 is 0 Å². The van der Waals surface area contributed by atoms with Gasteiger partial charge in [0, 0.05) is 38.4 Å². The van der Waals surface area contributed by atoms with Gasteiger partial charge in [0.15, 0.2) is 0 Å². The van der Waals surface area contributed by atoms with Crippen molar-refractivity contribution in [3.63, 3.8) is 0 Å². The molecule has 5 nitrogen and oxygen atoms in total. The Morgan fingerprint density at radius 1 is 1.26 bits per heavy atom. The topological polar surface area (TPSA) is 45.7 Å². The van der Waals surface area contributed by atoms with Gasteiger partial charge in [-0.05, 0) is 24.8 Å². The third kappa shape index (κ3) is 4.60. The monoisotopic (exact) mass is 325 g/mol. The molecule has 0 N–H and O–H groups in total. The van der Waals surface area contributed by atoms with E-state index in [0.29, 0.717) is 50.1 Å². The highest BCUT2D eigenvalue weighted by Crippen LogP contribution is 2.29. The van der Waals surface area contributed by atoms with E-state index in [1.807, 2.05) is 0 Å². The van der Waals surface area contributed by atoms with Gasteiger partial charge in [0.25, 0.3) is 12.3 Å². The first-order chi connectivity index (χ1) is 11.1. The van der Waals surface area contributed by atoms with Crippen molar-refractivity contribution in [2.75, 3.05) is 39.3 Å². The summed E-state index contributed by atoms with van der Waals surface area (Å²) >= 11 is 0. The van der Waals surface area contributed by atoms with Crippen molar-refractivity contribution < 1.29 is 18.3 Å². The standard InChI is InChI=1S/C16H21F2N3O2/c17-14(18)10-20-5-7-21(8-6-20)16(22)13-3-4-15(19-9-13)23-11-12-1-2-12/h3-4,9,12,14H,1-2,5-8,10-11H2. The van der Waals surface area contributed by atoms with Crippen LogP contribution in [0.15, 0.2) is 18.3 Å². The Morgan fingerprint density at radius 2 is 2.00 bits per heavy atom. The Bertz CT molecular complexity index is 527. The molecule has 1 aromatic heterocycles. The Kier molecular flexibility index (Phi) is 5.05. The van der Waals surface area contributed by atoms with Gasteiger partial charge in [-0.1, -0.05) is 0 Å². The molecule has 0 bridgehead atoms. The van der Waals surface area contributed by atoms with Crippen LogP contribution in [0.5, 0.6) is 5.88 Å². The molecule has 2 aliphatic rings. The fourth-order valence-corrected chi connectivity index (χ4v) is 2.59. The minimum absolute atomic E-state index is 0.108. The first kappa shape index (κ1) is 16.1. The van der Waals surface area contributed by atoms with Gasteiger partial charge in [0.1, 0.15) is 0 Å². The molecule has 2 heterocycles. The second-order valence-corrected chi connectivity index (χ2v) is 6.12. The average molecular weight is 325 g/mol. The number of nitrogens with zero attached hydrogens (tertiary/aromatic N) is 3. The molecule has 1 saturated carbocycles. The van der Waals surface area contributed by atoms with Crippen molar-refractivity contribution in [3.8, 4) is 5.88 Å². The van der Waals surface area contributed by atoms with Crippen LogP contribution in [0.2, 0.25) is 0 Å². The predicted octanol–water partition coefficient (Wildman–Crippen LogP) is 1.89. The van der Waals surface area contributed by atoms with Crippen LogP contribution in [-0.2, 0) is 0 Å². The van der Waals surface area contributed by atoms with E-state index in [1.54, 1.807) is 21.9 Å². The van der Waals surface area contributed by atoms with Gasteiger partial charge in [-0.25, -0.2) is 13.8 Å². The summed E-state index contributed by atoms with van der Waals surface area (Å²) in [6.45, 7) is 2.35. The van der Waals surface area contributed by atoms with E-state index in [-0.39, 0.29) is 12.5 Å². The lowest BCUT2D eigenvalue weighted by molar-refractivity contribution is 0.0458. The first-order valence-electron chi connectivity index (χ1n) is 8.00. The number of piperazine rings is 1. The molecule has 1 aliphatic carbocycles. The number of rotatable bonds is 6. The molecule has 0 spiro atoms. The number of hydrogen-bond acceptors (Lipinski definition) is 4. The summed E-state index contributed by atoms with van der Waals surface area (Å²) in [6.07, 6.45) is 1.63. The van der Waals surface area contributed by atoms with Crippen LogP contribution >= 0.6 is 0 Å². The molecule has 3 rings (SSSR count). The molecule has 0 aromatic carbocycles. The van der Waals surface area contributed by atoms with Crippen molar-refractivity contribution in [2.45, 2.75) is 19.3 Å². The van der Waals surface area contributed by atoms with Gasteiger partial charge < -0.3 is 9.64 Å². The van der Waals surface area contributed by atoms with Crippen LogP contribution in [0.1, 0.15) is 23.2 Å². The number of alkyl halides is 2. The third-order valence-corrected chi connectivity index (χ3v) is 4.20. The molecule has 7 heteroatoms. The van der Waals surface area contributed by atoms with Gasteiger partial charge in [0.2, 0.25) is 5.88 Å². The lowest BCUT2D eigenvalue weighted by Crippen LogP contribution is -2.49. The van der Waals surface area contributed by atoms with E-state index in [0.717, 1.165) is 0 Å². The van der Waals surface area contributed by atoms with Crippen LogP contribution in [-0.4, -0.2) is 66.4 Å². The van der Waals surface area contributed by atoms with Crippen LogP contribution in [0.4, 0.5) is 8.78 Å². The number of pyridine rings is 1. The fraction of sp³-hybridized carbons (Fsp3) is 0.625. The number of carbonyl (C=O) groups excluding carboxylic acids is 1. The SMILES string of the molecule is O=C(c1ccc(OCC2CC2)nc1)N1CCN(CC(F)F)CC1. The summed E-state index contributed by atoms with van der Waals surface area (Å²) in [5.41, 5.74) is 0.506. The van der Waals surface area contributed by atoms with E-state index in [9.17, 15) is 13.6 Å². The van der Waals surface area contributed by atoms with Crippen LogP contribution in [0.25, 0.3) is 0 Å². The van der Waals surface area contributed by atoms with Crippen LogP contribution in [0.3, 0.4) is 0 Å². The summed E-state index contributed by atoms with van der Waals surface area (Å²) in [5, 5.41) is 0. The second kappa shape index (κ2) is 7.21. The maximum absolute atomic E-state index is 12.4. The molecule has 1 amide bonds. The van der Waals surface area contributed by atoms with Crippen LogP contribution in [0, 0.1) is 5.92 Å². The van der Waals surface area contributed by atoms with Crippen molar-refractivity contribution in [2.24, 2.45) is 5.92 Å². The zero-order valence-corrected chi connectivity index (χ0v) is 13.0. The molecule has 1 aliphatic heterocycles. The summed E-state index contributed by atoms with van der Waals surface area (Å²) in [6, 6.07) is 3.42. The van der Waals surface area contributed by atoms with Crippen LogP contribution < -0.4 is 4.74 Å². The van der Waals surface area contributed by atoms with E-state index in [2.05, 4.69) is 4.98 Å². The number of amides is 1. The molecule has 1 saturated heterocycles. The van der Waals surface area contributed by atoms with E-state index in [4.69, 9.17) is 4.74 Å². The van der Waals surface area contributed by atoms with Gasteiger partial charge in [-0.2, -0.15) is 0 Å². The molecule has 0 atom stereocenters. The van der Waals surface area contributed by atoms with Gasteiger partial charge in [-0.3, -0.25) is 9.69 Å². The fourth-order valence-electron chi connectivity index (χ4n) is 2.59. The molecule has 2 fully saturated rings. The minimum Gasteiger partial charge on any atom is -0.477 e. The maximum Gasteiger partial charge on any atom is 0.255 e. The number of ether oxygens (including phenoxy) is 1. The summed E-state index contributed by atoms with van der Waals surface area (Å²) in [4.78, 5) is 19.9. The minimum atomic E-state index is -2.33. The largest absolute Gasteiger partial charge is 0.477 e. The Balaban J connectivity index is 1.49. The van der Waals surface area contributed by atoms with E-state index < -0.39 is 6.43 Å². The average Bonchev–Trinajstić information content (AvgIpc) is 3.37. The molecule has 1 aromatic rings.